The Morgan fingerprint density at radius 2 is 2.00 bits per heavy atom. The molecule has 0 spiro atoms. The second-order valence-corrected chi connectivity index (χ2v) is 7.84. The van der Waals surface area contributed by atoms with Crippen LogP contribution in [0.25, 0.3) is 0 Å². The predicted molar refractivity (Wildman–Crippen MR) is 101 cm³/mol. The number of nitrogens with one attached hydrogen (secondary N) is 1. The number of amides is 1. The molecule has 5 heterocycles. The summed E-state index contributed by atoms with van der Waals surface area (Å²) in [7, 11) is 0. The molecule has 0 atom stereocenters. The molecule has 0 radical (unpaired) electrons. The lowest BCUT2D eigenvalue weighted by atomic mass is 9.95. The third kappa shape index (κ3) is 2.96. The maximum atomic E-state index is 12.8. The van der Waals surface area contributed by atoms with E-state index in [1.165, 1.54) is 22.4 Å². The molecule has 140 valence electrons. The van der Waals surface area contributed by atoms with E-state index in [1.54, 1.807) is 6.33 Å². The summed E-state index contributed by atoms with van der Waals surface area (Å²) in [5.74, 6) is 0.658. The van der Waals surface area contributed by atoms with Gasteiger partial charge in [0.1, 0.15) is 6.33 Å². The number of pyridine rings is 1. The first-order valence-electron chi connectivity index (χ1n) is 9.67. The molecule has 7 nitrogen and oxygen atoms in total. The van der Waals surface area contributed by atoms with Crippen molar-refractivity contribution in [2.75, 3.05) is 24.5 Å². The second kappa shape index (κ2) is 6.56. The van der Waals surface area contributed by atoms with Crippen LogP contribution in [0, 0.1) is 12.8 Å². The van der Waals surface area contributed by atoms with Crippen LogP contribution in [-0.4, -0.2) is 45.4 Å². The van der Waals surface area contributed by atoms with E-state index in [1.807, 2.05) is 17.3 Å². The molecule has 2 aromatic rings. The molecule has 0 bridgehead atoms. The number of fused-ring (bicyclic) bond motifs is 2. The van der Waals surface area contributed by atoms with Gasteiger partial charge >= 0.3 is 0 Å². The number of aromatic nitrogens is 3. The van der Waals surface area contributed by atoms with Crippen molar-refractivity contribution >= 4 is 11.6 Å². The van der Waals surface area contributed by atoms with Crippen LogP contribution < -0.4 is 10.2 Å². The van der Waals surface area contributed by atoms with E-state index in [9.17, 15) is 4.79 Å². The lowest BCUT2D eigenvalue weighted by Crippen LogP contribution is -2.48. The predicted octanol–water partition coefficient (Wildman–Crippen LogP) is 1.19. The van der Waals surface area contributed by atoms with E-state index in [0.717, 1.165) is 44.0 Å². The smallest absolute Gasteiger partial charge is 0.223 e. The Hall–Kier alpha value is -2.54. The van der Waals surface area contributed by atoms with Crippen molar-refractivity contribution in [3.63, 3.8) is 0 Å². The zero-order valence-electron chi connectivity index (χ0n) is 15.6. The van der Waals surface area contributed by atoms with Crippen molar-refractivity contribution in [2.24, 2.45) is 5.92 Å². The maximum absolute atomic E-state index is 12.8. The van der Waals surface area contributed by atoms with Gasteiger partial charge in [0.2, 0.25) is 5.91 Å². The minimum Gasteiger partial charge on any atom is -0.368 e. The van der Waals surface area contributed by atoms with Crippen LogP contribution in [-0.2, 0) is 30.8 Å². The average molecular weight is 364 g/mol. The second-order valence-electron chi connectivity index (χ2n) is 7.84. The van der Waals surface area contributed by atoms with Crippen molar-refractivity contribution < 1.29 is 4.79 Å². The van der Waals surface area contributed by atoms with Gasteiger partial charge in [0.25, 0.3) is 0 Å². The molecule has 27 heavy (non-hydrogen) atoms. The normalized spacial score (nSPS) is 18.9. The number of nitrogens with zero attached hydrogens (tertiary/aromatic N) is 5. The monoisotopic (exact) mass is 364 g/mol. The molecule has 0 unspecified atom stereocenters. The van der Waals surface area contributed by atoms with Gasteiger partial charge < -0.3 is 15.1 Å². The quantitative estimate of drug-likeness (QED) is 0.882. The highest BCUT2D eigenvalue weighted by Crippen LogP contribution is 2.31. The fraction of sp³-hybridized carbons (Fsp3) is 0.500. The van der Waals surface area contributed by atoms with Crippen LogP contribution in [0.5, 0.6) is 0 Å². The number of hydrogen-bond donors (Lipinski definition) is 1. The molecule has 1 fully saturated rings. The highest BCUT2D eigenvalue weighted by molar-refractivity contribution is 5.77. The molecule has 0 aliphatic carbocycles. The Bertz CT molecular complexity index is 878. The molecule has 7 heteroatoms. The Kier molecular flexibility index (Phi) is 4.04. The largest absolute Gasteiger partial charge is 0.368 e. The van der Waals surface area contributed by atoms with Crippen LogP contribution in [0.1, 0.15) is 34.5 Å². The zero-order valence-corrected chi connectivity index (χ0v) is 15.6. The number of anilines is 1. The Morgan fingerprint density at radius 3 is 2.81 bits per heavy atom. The standard InChI is InChI=1S/C20H24N6O/c1-13-16-7-21-3-2-18(16)24-19-11-26(10-17(13)19)20(27)4-14-8-25(9-14)15-5-22-12-23-6-15/h5-6,12,14,21H,2-4,7-11H2,1H3. The third-order valence-corrected chi connectivity index (χ3v) is 6.09. The Balaban J connectivity index is 1.22. The van der Waals surface area contributed by atoms with Gasteiger partial charge in [0, 0.05) is 57.2 Å². The van der Waals surface area contributed by atoms with E-state index < -0.39 is 0 Å². The molecule has 1 amide bonds. The fourth-order valence-corrected chi connectivity index (χ4v) is 4.46. The number of carbonyl (C=O) groups excluding carboxylic acids is 1. The summed E-state index contributed by atoms with van der Waals surface area (Å²) >= 11 is 0. The number of hydrogen-bond acceptors (Lipinski definition) is 6. The number of rotatable bonds is 3. The van der Waals surface area contributed by atoms with Gasteiger partial charge in [-0.25, -0.2) is 9.97 Å². The summed E-state index contributed by atoms with van der Waals surface area (Å²) < 4.78 is 0. The van der Waals surface area contributed by atoms with Gasteiger partial charge in [-0.1, -0.05) is 0 Å². The van der Waals surface area contributed by atoms with Crippen LogP contribution in [0.15, 0.2) is 18.7 Å². The van der Waals surface area contributed by atoms with Crippen molar-refractivity contribution in [3.05, 3.63) is 46.8 Å². The summed E-state index contributed by atoms with van der Waals surface area (Å²) in [6, 6.07) is 0. The highest BCUT2D eigenvalue weighted by Gasteiger charge is 2.33. The fourth-order valence-electron chi connectivity index (χ4n) is 4.46. The van der Waals surface area contributed by atoms with E-state index in [2.05, 4.69) is 27.1 Å². The SMILES string of the molecule is Cc1c2c(nc3c1CN(C(=O)CC1CN(c4cncnc4)C1)C3)CCNC2. The van der Waals surface area contributed by atoms with Crippen LogP contribution in [0.3, 0.4) is 0 Å². The first kappa shape index (κ1) is 16.6. The van der Waals surface area contributed by atoms with Gasteiger partial charge in [-0.15, -0.1) is 0 Å². The minimum atomic E-state index is 0.248. The molecule has 2 aromatic heterocycles. The lowest BCUT2D eigenvalue weighted by Gasteiger charge is -2.40. The summed E-state index contributed by atoms with van der Waals surface area (Å²) in [6.45, 7) is 7.25. The summed E-state index contributed by atoms with van der Waals surface area (Å²) in [5.41, 5.74) is 7.30. The first-order valence-corrected chi connectivity index (χ1v) is 9.67. The summed E-state index contributed by atoms with van der Waals surface area (Å²) in [5, 5.41) is 3.43. The molecule has 3 aliphatic rings. The van der Waals surface area contributed by atoms with E-state index in [4.69, 9.17) is 4.98 Å². The molecule has 0 aromatic carbocycles. The molecule has 3 aliphatic heterocycles. The van der Waals surface area contributed by atoms with Crippen molar-refractivity contribution in [1.29, 1.82) is 0 Å². The highest BCUT2D eigenvalue weighted by atomic mass is 16.2. The minimum absolute atomic E-state index is 0.248. The molecule has 1 saturated heterocycles. The van der Waals surface area contributed by atoms with Crippen LogP contribution >= 0.6 is 0 Å². The average Bonchev–Trinajstić information content (AvgIpc) is 3.09. The van der Waals surface area contributed by atoms with E-state index in [-0.39, 0.29) is 5.91 Å². The van der Waals surface area contributed by atoms with Gasteiger partial charge in [0.15, 0.2) is 0 Å². The third-order valence-electron chi connectivity index (χ3n) is 6.09. The van der Waals surface area contributed by atoms with E-state index >= 15 is 0 Å². The van der Waals surface area contributed by atoms with Crippen LogP contribution in [0.2, 0.25) is 0 Å². The summed E-state index contributed by atoms with van der Waals surface area (Å²) in [4.78, 5) is 30.1. The topological polar surface area (TPSA) is 74.2 Å². The van der Waals surface area contributed by atoms with Crippen molar-refractivity contribution in [3.8, 4) is 0 Å². The molecule has 0 saturated carbocycles. The maximum Gasteiger partial charge on any atom is 0.223 e. The first-order chi connectivity index (χ1) is 13.2. The van der Waals surface area contributed by atoms with Crippen LogP contribution in [0.4, 0.5) is 5.69 Å². The Labute approximate surface area is 158 Å². The van der Waals surface area contributed by atoms with Crippen molar-refractivity contribution in [2.45, 2.75) is 39.4 Å². The van der Waals surface area contributed by atoms with Gasteiger partial charge in [-0.2, -0.15) is 0 Å². The van der Waals surface area contributed by atoms with Gasteiger partial charge in [-0.3, -0.25) is 9.78 Å². The molecule has 5 rings (SSSR count). The van der Waals surface area contributed by atoms with Gasteiger partial charge in [0.05, 0.1) is 30.3 Å². The molecular weight excluding hydrogens is 340 g/mol. The molecule has 1 N–H and O–H groups in total. The zero-order chi connectivity index (χ0) is 18.4. The summed E-state index contributed by atoms with van der Waals surface area (Å²) in [6.07, 6.45) is 6.79. The number of carbonyl (C=O) groups is 1. The van der Waals surface area contributed by atoms with Gasteiger partial charge in [-0.05, 0) is 23.6 Å². The van der Waals surface area contributed by atoms with Crippen molar-refractivity contribution in [1.82, 2.24) is 25.2 Å². The Morgan fingerprint density at radius 1 is 1.19 bits per heavy atom. The lowest BCUT2D eigenvalue weighted by molar-refractivity contribution is -0.133. The molecular formula is C20H24N6O. The van der Waals surface area contributed by atoms with E-state index in [0.29, 0.717) is 25.4 Å².